The van der Waals surface area contributed by atoms with E-state index < -0.39 is 5.82 Å². The second kappa shape index (κ2) is 5.33. The van der Waals surface area contributed by atoms with Gasteiger partial charge in [0.15, 0.2) is 11.6 Å². The van der Waals surface area contributed by atoms with Crippen LogP contribution in [0.15, 0.2) is 42.5 Å². The number of thiocarbonyl (C=S) groups is 1. The third-order valence-corrected chi connectivity index (χ3v) is 2.80. The average Bonchev–Trinajstić information content (AvgIpc) is 2.34. The van der Waals surface area contributed by atoms with E-state index in [-0.39, 0.29) is 10.7 Å². The Hall–Kier alpha value is -1.65. The summed E-state index contributed by atoms with van der Waals surface area (Å²) in [4.78, 5) is 0.245. The van der Waals surface area contributed by atoms with E-state index in [1.165, 1.54) is 12.1 Å². The Bertz CT molecular complexity index is 603. The van der Waals surface area contributed by atoms with Crippen LogP contribution in [-0.2, 0) is 0 Å². The highest BCUT2D eigenvalue weighted by atomic mass is 35.5. The Labute approximate surface area is 114 Å². The SMILES string of the molecule is NC(=S)c1ccc(Oc2ccccc2F)c(Cl)c1. The van der Waals surface area contributed by atoms with Crippen LogP contribution in [0.25, 0.3) is 0 Å². The number of halogens is 2. The molecule has 2 rings (SSSR count). The minimum absolute atomic E-state index is 0.113. The molecule has 0 radical (unpaired) electrons. The molecule has 2 nitrogen and oxygen atoms in total. The summed E-state index contributed by atoms with van der Waals surface area (Å²) in [7, 11) is 0. The monoisotopic (exact) mass is 281 g/mol. The molecule has 0 aliphatic carbocycles. The fourth-order valence-corrected chi connectivity index (χ4v) is 1.73. The molecular weight excluding hydrogens is 273 g/mol. The molecule has 0 aromatic heterocycles. The van der Waals surface area contributed by atoms with Crippen molar-refractivity contribution in [2.45, 2.75) is 0 Å². The molecular formula is C13H9ClFNOS. The van der Waals surface area contributed by atoms with Crippen LogP contribution in [0.3, 0.4) is 0 Å². The summed E-state index contributed by atoms with van der Waals surface area (Å²) in [5, 5.41) is 0.323. The van der Waals surface area contributed by atoms with Gasteiger partial charge in [-0.05, 0) is 30.3 Å². The largest absolute Gasteiger partial charge is 0.453 e. The molecule has 0 aliphatic rings. The van der Waals surface area contributed by atoms with E-state index in [9.17, 15) is 4.39 Å². The predicted molar refractivity (Wildman–Crippen MR) is 73.8 cm³/mol. The Balaban J connectivity index is 2.30. The van der Waals surface area contributed by atoms with Gasteiger partial charge in [0.25, 0.3) is 0 Å². The van der Waals surface area contributed by atoms with Crippen molar-refractivity contribution in [2.24, 2.45) is 5.73 Å². The molecule has 0 aliphatic heterocycles. The number of para-hydroxylation sites is 1. The second-order valence-electron chi connectivity index (χ2n) is 3.54. The molecule has 0 atom stereocenters. The summed E-state index contributed by atoms with van der Waals surface area (Å²) in [5.41, 5.74) is 6.12. The van der Waals surface area contributed by atoms with Gasteiger partial charge in [0, 0.05) is 5.56 Å². The molecule has 0 saturated heterocycles. The summed E-state index contributed by atoms with van der Waals surface area (Å²) < 4.78 is 18.8. The smallest absolute Gasteiger partial charge is 0.165 e. The van der Waals surface area contributed by atoms with E-state index in [1.807, 2.05) is 0 Å². The van der Waals surface area contributed by atoms with E-state index in [1.54, 1.807) is 30.3 Å². The highest BCUT2D eigenvalue weighted by Gasteiger charge is 2.08. The number of ether oxygens (including phenoxy) is 1. The maximum atomic E-state index is 13.4. The van der Waals surface area contributed by atoms with Crippen LogP contribution in [0, 0.1) is 5.82 Å². The molecule has 0 spiro atoms. The van der Waals surface area contributed by atoms with E-state index in [0.717, 1.165) is 0 Å². The zero-order chi connectivity index (χ0) is 13.1. The van der Waals surface area contributed by atoms with Crippen molar-refractivity contribution in [2.75, 3.05) is 0 Å². The first-order chi connectivity index (χ1) is 8.58. The zero-order valence-corrected chi connectivity index (χ0v) is 10.8. The first kappa shape index (κ1) is 12.8. The van der Waals surface area contributed by atoms with Gasteiger partial charge in [-0.2, -0.15) is 0 Å². The molecule has 92 valence electrons. The molecule has 0 saturated carbocycles. The third kappa shape index (κ3) is 2.78. The van der Waals surface area contributed by atoms with E-state index in [2.05, 4.69) is 0 Å². The molecule has 0 bridgehead atoms. The first-order valence-electron chi connectivity index (χ1n) is 5.09. The molecule has 0 amide bonds. The van der Waals surface area contributed by atoms with Crippen LogP contribution in [0.4, 0.5) is 4.39 Å². The minimum Gasteiger partial charge on any atom is -0.453 e. The van der Waals surface area contributed by atoms with Gasteiger partial charge in [0.1, 0.15) is 10.7 Å². The molecule has 2 N–H and O–H groups in total. The quantitative estimate of drug-likeness (QED) is 0.867. The topological polar surface area (TPSA) is 35.2 Å². The maximum absolute atomic E-state index is 13.4. The van der Waals surface area contributed by atoms with Crippen LogP contribution in [-0.4, -0.2) is 4.99 Å². The van der Waals surface area contributed by atoms with Crippen LogP contribution in [0.2, 0.25) is 5.02 Å². The van der Waals surface area contributed by atoms with Crippen molar-refractivity contribution in [3.8, 4) is 11.5 Å². The Morgan fingerprint density at radius 3 is 2.50 bits per heavy atom. The standard InChI is InChI=1S/C13H9ClFNOS/c14-9-7-8(13(16)18)5-6-11(9)17-12-4-2-1-3-10(12)15/h1-7H,(H2,16,18). The van der Waals surface area contributed by atoms with Gasteiger partial charge in [-0.25, -0.2) is 4.39 Å². The number of nitrogens with two attached hydrogens (primary N) is 1. The second-order valence-corrected chi connectivity index (χ2v) is 4.39. The summed E-state index contributed by atoms with van der Waals surface area (Å²) in [5.74, 6) is 0.0104. The van der Waals surface area contributed by atoms with Gasteiger partial charge in [0.2, 0.25) is 0 Å². The molecule has 0 unspecified atom stereocenters. The van der Waals surface area contributed by atoms with Crippen LogP contribution >= 0.6 is 23.8 Å². The van der Waals surface area contributed by atoms with E-state index >= 15 is 0 Å². The lowest BCUT2D eigenvalue weighted by molar-refractivity contribution is 0.442. The number of hydrogen-bond acceptors (Lipinski definition) is 2. The Kier molecular flexibility index (Phi) is 3.79. The Morgan fingerprint density at radius 1 is 1.17 bits per heavy atom. The third-order valence-electron chi connectivity index (χ3n) is 2.27. The predicted octanol–water partition coefficient (Wildman–Crippen LogP) is 3.91. The molecule has 0 heterocycles. The van der Waals surface area contributed by atoms with Crippen LogP contribution < -0.4 is 10.5 Å². The van der Waals surface area contributed by atoms with Gasteiger partial charge >= 0.3 is 0 Å². The lowest BCUT2D eigenvalue weighted by atomic mass is 10.2. The van der Waals surface area contributed by atoms with Crippen molar-refractivity contribution in [1.82, 2.24) is 0 Å². The van der Waals surface area contributed by atoms with Crippen LogP contribution in [0.1, 0.15) is 5.56 Å². The summed E-state index contributed by atoms with van der Waals surface area (Å²) in [6, 6.07) is 10.9. The van der Waals surface area contributed by atoms with Crippen molar-refractivity contribution in [3.63, 3.8) is 0 Å². The molecule has 2 aromatic carbocycles. The molecule has 5 heteroatoms. The average molecular weight is 282 g/mol. The normalized spacial score (nSPS) is 10.1. The van der Waals surface area contributed by atoms with Gasteiger partial charge in [-0.1, -0.05) is 36.0 Å². The van der Waals surface area contributed by atoms with Gasteiger partial charge < -0.3 is 10.5 Å². The summed E-state index contributed by atoms with van der Waals surface area (Å²) >= 11 is 10.8. The van der Waals surface area contributed by atoms with Crippen molar-refractivity contribution < 1.29 is 9.13 Å². The number of hydrogen-bond donors (Lipinski definition) is 1. The minimum atomic E-state index is -0.452. The van der Waals surface area contributed by atoms with Crippen molar-refractivity contribution >= 4 is 28.8 Å². The first-order valence-corrected chi connectivity index (χ1v) is 5.88. The fourth-order valence-electron chi connectivity index (χ4n) is 1.38. The lowest BCUT2D eigenvalue weighted by Crippen LogP contribution is -2.08. The van der Waals surface area contributed by atoms with E-state index in [4.69, 9.17) is 34.3 Å². The highest BCUT2D eigenvalue weighted by molar-refractivity contribution is 7.80. The molecule has 0 fully saturated rings. The van der Waals surface area contributed by atoms with E-state index in [0.29, 0.717) is 16.3 Å². The molecule has 18 heavy (non-hydrogen) atoms. The maximum Gasteiger partial charge on any atom is 0.165 e. The van der Waals surface area contributed by atoms with Gasteiger partial charge in [0.05, 0.1) is 5.02 Å². The fraction of sp³-hybridized carbons (Fsp3) is 0. The highest BCUT2D eigenvalue weighted by Crippen LogP contribution is 2.31. The number of benzene rings is 2. The van der Waals surface area contributed by atoms with Crippen molar-refractivity contribution in [1.29, 1.82) is 0 Å². The summed E-state index contributed by atoms with van der Waals surface area (Å²) in [6.45, 7) is 0. The van der Waals surface area contributed by atoms with Gasteiger partial charge in [-0.15, -0.1) is 0 Å². The summed E-state index contributed by atoms with van der Waals surface area (Å²) in [6.07, 6.45) is 0. The molecule has 2 aromatic rings. The van der Waals surface area contributed by atoms with Crippen molar-refractivity contribution in [3.05, 3.63) is 58.9 Å². The number of rotatable bonds is 3. The Morgan fingerprint density at radius 2 is 1.89 bits per heavy atom. The van der Waals surface area contributed by atoms with Gasteiger partial charge in [-0.3, -0.25) is 0 Å². The lowest BCUT2D eigenvalue weighted by Gasteiger charge is -2.09. The zero-order valence-electron chi connectivity index (χ0n) is 9.19. The van der Waals surface area contributed by atoms with Crippen LogP contribution in [0.5, 0.6) is 11.5 Å².